The highest BCUT2D eigenvalue weighted by molar-refractivity contribution is 5.92. The molecule has 1 atom stereocenters. The topological polar surface area (TPSA) is 91.0 Å². The number of piperidine rings is 1. The van der Waals surface area contributed by atoms with E-state index >= 15 is 0 Å². The van der Waals surface area contributed by atoms with Crippen molar-refractivity contribution in [3.63, 3.8) is 0 Å². The van der Waals surface area contributed by atoms with Crippen LogP contribution >= 0.6 is 0 Å². The van der Waals surface area contributed by atoms with Crippen LogP contribution in [0.2, 0.25) is 0 Å². The summed E-state index contributed by atoms with van der Waals surface area (Å²) in [6.45, 7) is 3.88. The molecule has 2 heterocycles. The van der Waals surface area contributed by atoms with Crippen LogP contribution in [0.15, 0.2) is 30.3 Å². The van der Waals surface area contributed by atoms with Gasteiger partial charge in [0.25, 0.3) is 0 Å². The number of nitrogens with one attached hydrogen (secondary N) is 2. The van der Waals surface area contributed by atoms with Crippen LogP contribution in [0.3, 0.4) is 0 Å². The van der Waals surface area contributed by atoms with Crippen LogP contribution in [0.4, 0.5) is 4.79 Å². The van der Waals surface area contributed by atoms with Crippen molar-refractivity contribution < 1.29 is 19.1 Å². The maximum atomic E-state index is 13.6. The molecule has 1 unspecified atom stereocenters. The van der Waals surface area contributed by atoms with E-state index in [1.807, 2.05) is 40.1 Å². The highest BCUT2D eigenvalue weighted by Gasteiger charge is 2.46. The predicted octanol–water partition coefficient (Wildman–Crippen LogP) is 1.90. The molecule has 0 radical (unpaired) electrons. The molecule has 1 aliphatic carbocycles. The molecule has 8 nitrogen and oxygen atoms in total. The minimum Gasteiger partial charge on any atom is -0.378 e. The van der Waals surface area contributed by atoms with Gasteiger partial charge < -0.3 is 25.2 Å². The van der Waals surface area contributed by atoms with Crippen LogP contribution < -0.4 is 10.6 Å². The Morgan fingerprint density at radius 2 is 1.69 bits per heavy atom. The number of nitrogens with zero attached hydrogens (tertiary/aromatic N) is 2. The molecule has 2 aliphatic heterocycles. The maximum absolute atomic E-state index is 13.6. The van der Waals surface area contributed by atoms with E-state index in [1.54, 1.807) is 0 Å². The molecular formula is C24H34N4O4. The summed E-state index contributed by atoms with van der Waals surface area (Å²) in [5.74, 6) is -0.0830. The Kier molecular flexibility index (Phi) is 7.29. The number of benzene rings is 1. The summed E-state index contributed by atoms with van der Waals surface area (Å²) in [5, 5.41) is 5.90. The summed E-state index contributed by atoms with van der Waals surface area (Å²) < 4.78 is 5.36. The van der Waals surface area contributed by atoms with E-state index < -0.39 is 5.54 Å². The van der Waals surface area contributed by atoms with E-state index in [2.05, 4.69) is 10.6 Å². The smallest absolute Gasteiger partial charge is 0.315 e. The molecule has 3 fully saturated rings. The molecule has 1 aromatic rings. The quantitative estimate of drug-likeness (QED) is 0.729. The molecule has 8 heteroatoms. The number of ether oxygens (including phenoxy) is 1. The van der Waals surface area contributed by atoms with Crippen molar-refractivity contribution in [3.05, 3.63) is 35.9 Å². The number of hydrogen-bond acceptors (Lipinski definition) is 4. The van der Waals surface area contributed by atoms with Gasteiger partial charge in [0.2, 0.25) is 11.8 Å². The van der Waals surface area contributed by atoms with Crippen molar-refractivity contribution in [1.82, 2.24) is 20.4 Å². The Morgan fingerprint density at radius 3 is 2.41 bits per heavy atom. The summed E-state index contributed by atoms with van der Waals surface area (Å²) in [4.78, 5) is 42.9. The fourth-order valence-corrected chi connectivity index (χ4v) is 5.12. The van der Waals surface area contributed by atoms with Crippen molar-refractivity contribution in [3.8, 4) is 0 Å². The second kappa shape index (κ2) is 10.3. The molecule has 3 aliphatic rings. The number of amides is 4. The lowest BCUT2D eigenvalue weighted by molar-refractivity contribution is -0.146. The molecule has 2 N–H and O–H groups in total. The third-order valence-electron chi connectivity index (χ3n) is 6.90. The number of rotatable bonds is 5. The highest BCUT2D eigenvalue weighted by Crippen LogP contribution is 2.33. The van der Waals surface area contributed by atoms with Crippen LogP contribution in [-0.2, 0) is 20.9 Å². The maximum Gasteiger partial charge on any atom is 0.315 e. The minimum atomic E-state index is -0.870. The first-order valence-electron chi connectivity index (χ1n) is 11.8. The third-order valence-corrected chi connectivity index (χ3v) is 6.90. The molecule has 2 saturated heterocycles. The average Bonchev–Trinajstić information content (AvgIpc) is 3.32. The van der Waals surface area contributed by atoms with Crippen LogP contribution in [0.25, 0.3) is 0 Å². The standard InChI is InChI=1S/C24H34N4O4/c29-21(27-13-15-32-16-14-27)20-9-6-12-28(18-20)22(30)24(10-4-5-11-24)26-23(31)25-17-19-7-2-1-3-8-19/h1-3,7-8,20H,4-6,9-18H2,(H2,25,26,31). The fraction of sp³-hybridized carbons (Fsp3) is 0.625. The molecule has 1 saturated carbocycles. The van der Waals surface area contributed by atoms with Crippen LogP contribution in [-0.4, -0.2) is 72.6 Å². The summed E-state index contributed by atoms with van der Waals surface area (Å²) in [6.07, 6.45) is 4.72. The van der Waals surface area contributed by atoms with E-state index in [0.717, 1.165) is 31.2 Å². The second-order valence-electron chi connectivity index (χ2n) is 9.11. The van der Waals surface area contributed by atoms with Gasteiger partial charge in [0.1, 0.15) is 5.54 Å². The zero-order valence-electron chi connectivity index (χ0n) is 18.7. The molecule has 174 valence electrons. The van der Waals surface area contributed by atoms with E-state index in [9.17, 15) is 14.4 Å². The molecule has 4 amide bonds. The Morgan fingerprint density at radius 1 is 0.969 bits per heavy atom. The number of carbonyl (C=O) groups is 3. The van der Waals surface area contributed by atoms with E-state index in [4.69, 9.17) is 4.74 Å². The van der Waals surface area contributed by atoms with Crippen molar-refractivity contribution in [2.75, 3.05) is 39.4 Å². The van der Waals surface area contributed by atoms with Gasteiger partial charge in [0, 0.05) is 32.7 Å². The monoisotopic (exact) mass is 442 g/mol. The number of likely N-dealkylation sites (tertiary alicyclic amines) is 1. The predicted molar refractivity (Wildman–Crippen MR) is 120 cm³/mol. The molecular weight excluding hydrogens is 408 g/mol. The Balaban J connectivity index is 1.37. The molecule has 0 spiro atoms. The highest BCUT2D eigenvalue weighted by atomic mass is 16.5. The van der Waals surface area contributed by atoms with Gasteiger partial charge >= 0.3 is 6.03 Å². The second-order valence-corrected chi connectivity index (χ2v) is 9.11. The van der Waals surface area contributed by atoms with Gasteiger partial charge in [-0.2, -0.15) is 0 Å². The van der Waals surface area contributed by atoms with Gasteiger partial charge in [-0.05, 0) is 31.2 Å². The number of urea groups is 1. The summed E-state index contributed by atoms with van der Waals surface area (Å²) in [6, 6.07) is 9.39. The molecule has 0 bridgehead atoms. The van der Waals surface area contributed by atoms with Gasteiger partial charge in [-0.1, -0.05) is 43.2 Å². The lowest BCUT2D eigenvalue weighted by Gasteiger charge is -2.40. The lowest BCUT2D eigenvalue weighted by Crippen LogP contribution is -2.61. The van der Waals surface area contributed by atoms with E-state index in [1.165, 1.54) is 0 Å². The van der Waals surface area contributed by atoms with Gasteiger partial charge in [0.15, 0.2) is 0 Å². The largest absolute Gasteiger partial charge is 0.378 e. The fourth-order valence-electron chi connectivity index (χ4n) is 5.12. The molecule has 0 aromatic heterocycles. The first-order valence-corrected chi connectivity index (χ1v) is 11.8. The Labute approximate surface area is 189 Å². The summed E-state index contributed by atoms with van der Waals surface area (Å²) in [7, 11) is 0. The molecule has 4 rings (SSSR count). The van der Waals surface area contributed by atoms with Crippen LogP contribution in [0, 0.1) is 5.92 Å². The zero-order valence-corrected chi connectivity index (χ0v) is 18.7. The van der Waals surface area contributed by atoms with Gasteiger partial charge in [-0.15, -0.1) is 0 Å². The van der Waals surface area contributed by atoms with Gasteiger partial charge in [-0.3, -0.25) is 9.59 Å². The lowest BCUT2D eigenvalue weighted by atomic mass is 9.91. The normalized spacial score (nSPS) is 22.9. The minimum absolute atomic E-state index is 0.0376. The van der Waals surface area contributed by atoms with Gasteiger partial charge in [0.05, 0.1) is 19.1 Å². The summed E-state index contributed by atoms with van der Waals surface area (Å²) >= 11 is 0. The SMILES string of the molecule is O=C(NCc1ccccc1)NC1(C(=O)N2CCCC(C(=O)N3CCOCC3)C2)CCCC1. The van der Waals surface area contributed by atoms with E-state index in [0.29, 0.717) is 58.8 Å². The number of hydrogen-bond donors (Lipinski definition) is 2. The van der Waals surface area contributed by atoms with Crippen LogP contribution in [0.1, 0.15) is 44.1 Å². The first kappa shape index (κ1) is 22.6. The van der Waals surface area contributed by atoms with Crippen molar-refractivity contribution in [2.24, 2.45) is 5.92 Å². The first-order chi connectivity index (χ1) is 15.6. The van der Waals surface area contributed by atoms with Crippen molar-refractivity contribution >= 4 is 17.8 Å². The van der Waals surface area contributed by atoms with Crippen LogP contribution in [0.5, 0.6) is 0 Å². The van der Waals surface area contributed by atoms with Gasteiger partial charge in [-0.25, -0.2) is 4.79 Å². The third kappa shape index (κ3) is 5.23. The van der Waals surface area contributed by atoms with E-state index in [-0.39, 0.29) is 23.8 Å². The number of morpholine rings is 1. The Hall–Kier alpha value is -2.61. The average molecular weight is 443 g/mol. The Bertz CT molecular complexity index is 803. The molecule has 1 aromatic carbocycles. The van der Waals surface area contributed by atoms with Crippen molar-refractivity contribution in [1.29, 1.82) is 0 Å². The zero-order chi connectivity index (χ0) is 22.4. The van der Waals surface area contributed by atoms with Crippen molar-refractivity contribution in [2.45, 2.75) is 50.6 Å². The molecule has 32 heavy (non-hydrogen) atoms. The number of carbonyl (C=O) groups excluding carboxylic acids is 3. The summed E-state index contributed by atoms with van der Waals surface area (Å²) in [5.41, 5.74) is 0.139.